The first kappa shape index (κ1) is 22.3. The number of hydrogen-bond donors (Lipinski definition) is 2. The van der Waals surface area contributed by atoms with E-state index in [-0.39, 0.29) is 5.75 Å². The van der Waals surface area contributed by atoms with Crippen molar-refractivity contribution in [3.8, 4) is 5.75 Å². The normalized spacial score (nSPS) is 15.8. The molecule has 3 rings (SSSR count). The highest BCUT2D eigenvalue weighted by atomic mass is 19.4. The Hall–Kier alpha value is -2.35. The molecule has 1 aliphatic rings. The third-order valence-electron chi connectivity index (χ3n) is 5.34. The Labute approximate surface area is 172 Å². The zero-order valence-corrected chi connectivity index (χ0v) is 16.9. The molecule has 30 heavy (non-hydrogen) atoms. The Balaban J connectivity index is 1.66. The zero-order chi connectivity index (χ0) is 21.9. The van der Waals surface area contributed by atoms with Crippen LogP contribution >= 0.6 is 0 Å². The first-order chi connectivity index (χ1) is 14.1. The van der Waals surface area contributed by atoms with Gasteiger partial charge in [0, 0.05) is 12.2 Å². The van der Waals surface area contributed by atoms with Crippen molar-refractivity contribution < 1.29 is 26.7 Å². The maximum Gasteiger partial charge on any atom is 0.457 e. The fraction of sp³-hybridized carbons (Fsp3) is 0.455. The van der Waals surface area contributed by atoms with Gasteiger partial charge in [-0.1, -0.05) is 24.3 Å². The van der Waals surface area contributed by atoms with Crippen molar-refractivity contribution in [2.75, 3.05) is 18.4 Å². The van der Waals surface area contributed by atoms with Gasteiger partial charge in [0.2, 0.25) is 0 Å². The van der Waals surface area contributed by atoms with Crippen LogP contribution in [0.4, 0.5) is 27.6 Å². The van der Waals surface area contributed by atoms with Gasteiger partial charge in [-0.05, 0) is 74.2 Å². The lowest BCUT2D eigenvalue weighted by Crippen LogP contribution is -2.48. The van der Waals surface area contributed by atoms with Gasteiger partial charge < -0.3 is 15.4 Å². The summed E-state index contributed by atoms with van der Waals surface area (Å²) < 4.78 is 68.9. The van der Waals surface area contributed by atoms with E-state index in [4.69, 9.17) is 4.74 Å². The minimum atomic E-state index is -5.66. The number of ether oxygens (including phenoxy) is 1. The summed E-state index contributed by atoms with van der Waals surface area (Å²) >= 11 is 0. The van der Waals surface area contributed by atoms with Crippen LogP contribution in [0.2, 0.25) is 0 Å². The van der Waals surface area contributed by atoms with Gasteiger partial charge in [0.05, 0.1) is 0 Å². The molecule has 0 bridgehead atoms. The summed E-state index contributed by atoms with van der Waals surface area (Å²) in [6.45, 7) is 5.11. The van der Waals surface area contributed by atoms with E-state index in [2.05, 4.69) is 22.8 Å². The number of hydrogen-bond acceptors (Lipinski definition) is 3. The van der Waals surface area contributed by atoms with Gasteiger partial charge in [0.15, 0.2) is 6.10 Å². The molecular formula is C22H25F5N2O. The third-order valence-corrected chi connectivity index (χ3v) is 5.34. The highest BCUT2D eigenvalue weighted by Crippen LogP contribution is 2.39. The van der Waals surface area contributed by atoms with Gasteiger partial charge in [0.1, 0.15) is 5.75 Å². The zero-order valence-electron chi connectivity index (χ0n) is 16.9. The van der Waals surface area contributed by atoms with Gasteiger partial charge in [-0.2, -0.15) is 22.0 Å². The van der Waals surface area contributed by atoms with Crippen molar-refractivity contribution >= 4 is 5.69 Å². The molecule has 2 aromatic carbocycles. The van der Waals surface area contributed by atoms with E-state index in [9.17, 15) is 22.0 Å². The molecule has 0 spiro atoms. The number of aryl methyl sites for hydroxylation is 1. The monoisotopic (exact) mass is 428 g/mol. The topological polar surface area (TPSA) is 33.3 Å². The SMILES string of the molecule is Cc1ccc2c(c1NCc1ccc(OC(C)C(F)(F)C(F)(F)F)cc1)CCNCC2. The van der Waals surface area contributed by atoms with Crippen molar-refractivity contribution in [1.29, 1.82) is 0 Å². The van der Waals surface area contributed by atoms with E-state index in [1.165, 1.54) is 23.3 Å². The smallest absolute Gasteiger partial charge is 0.457 e. The van der Waals surface area contributed by atoms with Gasteiger partial charge in [-0.25, -0.2) is 0 Å². The standard InChI is InChI=1S/C22H25F5N2O/c1-14-3-6-17-9-11-28-12-10-19(17)20(14)29-13-16-4-7-18(8-5-16)30-15(2)21(23,24)22(25,26)27/h3-8,15,28-29H,9-13H2,1-2H3. The number of anilines is 1. The lowest BCUT2D eigenvalue weighted by Gasteiger charge is -2.26. The number of halogens is 5. The molecule has 3 nitrogen and oxygen atoms in total. The van der Waals surface area contributed by atoms with E-state index < -0.39 is 18.2 Å². The number of benzene rings is 2. The molecule has 0 aliphatic carbocycles. The molecule has 0 aromatic heterocycles. The molecule has 0 amide bonds. The Kier molecular flexibility index (Phi) is 6.55. The van der Waals surface area contributed by atoms with Crippen molar-refractivity contribution in [2.45, 2.75) is 51.4 Å². The molecule has 1 aliphatic heterocycles. The molecule has 1 atom stereocenters. The second-order valence-electron chi connectivity index (χ2n) is 7.52. The molecule has 164 valence electrons. The van der Waals surface area contributed by atoms with Gasteiger partial charge in [-0.3, -0.25) is 0 Å². The first-order valence-corrected chi connectivity index (χ1v) is 9.85. The molecule has 1 heterocycles. The van der Waals surface area contributed by atoms with Crippen molar-refractivity contribution in [3.05, 3.63) is 58.7 Å². The van der Waals surface area contributed by atoms with Crippen LogP contribution in [0.5, 0.6) is 5.75 Å². The molecular weight excluding hydrogens is 403 g/mol. The summed E-state index contributed by atoms with van der Waals surface area (Å²) in [7, 11) is 0. The second-order valence-corrected chi connectivity index (χ2v) is 7.52. The van der Waals surface area contributed by atoms with Crippen molar-refractivity contribution in [3.63, 3.8) is 0 Å². The number of rotatable bonds is 6. The summed E-state index contributed by atoms with van der Waals surface area (Å²) in [5.74, 6) is -4.96. The number of nitrogens with one attached hydrogen (secondary N) is 2. The average Bonchev–Trinajstić information content (AvgIpc) is 2.93. The van der Waals surface area contributed by atoms with E-state index in [1.807, 2.05) is 6.92 Å². The fourth-order valence-electron chi connectivity index (χ4n) is 3.52. The highest BCUT2D eigenvalue weighted by Gasteiger charge is 2.62. The van der Waals surface area contributed by atoms with Gasteiger partial charge in [-0.15, -0.1) is 0 Å². The Morgan fingerprint density at radius 1 is 1.00 bits per heavy atom. The van der Waals surface area contributed by atoms with Crippen LogP contribution < -0.4 is 15.4 Å². The predicted octanol–water partition coefficient (Wildman–Crippen LogP) is 5.26. The summed E-state index contributed by atoms with van der Waals surface area (Å²) in [5, 5.41) is 6.84. The quantitative estimate of drug-likeness (QED) is 0.616. The van der Waals surface area contributed by atoms with Crippen LogP contribution in [0.25, 0.3) is 0 Å². The summed E-state index contributed by atoms with van der Waals surface area (Å²) in [5.41, 5.74) is 5.70. The van der Waals surface area contributed by atoms with E-state index in [0.717, 1.165) is 42.7 Å². The highest BCUT2D eigenvalue weighted by molar-refractivity contribution is 5.61. The van der Waals surface area contributed by atoms with Crippen molar-refractivity contribution in [2.24, 2.45) is 0 Å². The number of fused-ring (bicyclic) bond motifs is 1. The van der Waals surface area contributed by atoms with E-state index in [1.54, 1.807) is 12.1 Å². The molecule has 0 fully saturated rings. The van der Waals surface area contributed by atoms with Crippen molar-refractivity contribution in [1.82, 2.24) is 5.32 Å². The van der Waals surface area contributed by atoms with Gasteiger partial charge >= 0.3 is 12.1 Å². The molecule has 0 saturated heterocycles. The average molecular weight is 428 g/mol. The van der Waals surface area contributed by atoms with Gasteiger partial charge in [0.25, 0.3) is 0 Å². The Morgan fingerprint density at radius 3 is 2.33 bits per heavy atom. The maximum atomic E-state index is 13.3. The van der Waals surface area contributed by atoms with E-state index in [0.29, 0.717) is 13.5 Å². The molecule has 2 aromatic rings. The molecule has 8 heteroatoms. The minimum Gasteiger partial charge on any atom is -0.484 e. The largest absolute Gasteiger partial charge is 0.484 e. The Morgan fingerprint density at radius 2 is 1.67 bits per heavy atom. The second kappa shape index (κ2) is 8.79. The molecule has 2 N–H and O–H groups in total. The fourth-order valence-corrected chi connectivity index (χ4v) is 3.52. The predicted molar refractivity (Wildman–Crippen MR) is 106 cm³/mol. The number of alkyl halides is 5. The maximum absolute atomic E-state index is 13.3. The third kappa shape index (κ3) is 4.86. The lowest BCUT2D eigenvalue weighted by molar-refractivity contribution is -0.306. The van der Waals surface area contributed by atoms with E-state index >= 15 is 0 Å². The first-order valence-electron chi connectivity index (χ1n) is 9.85. The molecule has 1 unspecified atom stereocenters. The minimum absolute atomic E-state index is 0.0361. The van der Waals surface area contributed by atoms with Crippen LogP contribution in [0, 0.1) is 6.92 Å². The summed E-state index contributed by atoms with van der Waals surface area (Å²) in [6, 6.07) is 10.4. The Bertz CT molecular complexity index is 865. The van der Waals surface area contributed by atoms with Crippen LogP contribution in [0.15, 0.2) is 36.4 Å². The summed E-state index contributed by atoms with van der Waals surface area (Å²) in [6.07, 6.45) is -6.08. The van der Waals surface area contributed by atoms with Crippen LogP contribution in [0.3, 0.4) is 0 Å². The molecule has 0 radical (unpaired) electrons. The summed E-state index contributed by atoms with van der Waals surface area (Å²) in [4.78, 5) is 0. The van der Waals surface area contributed by atoms with Crippen LogP contribution in [0.1, 0.15) is 29.2 Å². The molecule has 0 saturated carbocycles. The van der Waals surface area contributed by atoms with Crippen LogP contribution in [-0.2, 0) is 19.4 Å². The lowest BCUT2D eigenvalue weighted by atomic mass is 9.97. The van der Waals surface area contributed by atoms with Crippen LogP contribution in [-0.4, -0.2) is 31.3 Å².